The molecule has 28 heavy (non-hydrogen) atoms. The van der Waals surface area contributed by atoms with Crippen molar-refractivity contribution in [3.8, 4) is 0 Å². The van der Waals surface area contributed by atoms with Gasteiger partial charge in [-0.25, -0.2) is 8.42 Å². The highest BCUT2D eigenvalue weighted by Gasteiger charge is 2.31. The first-order chi connectivity index (χ1) is 13.3. The highest BCUT2D eigenvalue weighted by molar-refractivity contribution is 7.89. The van der Waals surface area contributed by atoms with Gasteiger partial charge in [-0.05, 0) is 24.6 Å². The summed E-state index contributed by atoms with van der Waals surface area (Å²) in [6.45, 7) is 2.84. The number of carbonyl (C=O) groups excluding carboxylic acids is 1. The van der Waals surface area contributed by atoms with Crippen LogP contribution in [0.15, 0.2) is 35.2 Å². The number of hydrogen-bond acceptors (Lipinski definition) is 6. The minimum Gasteiger partial charge on any atom is -0.335 e. The van der Waals surface area contributed by atoms with E-state index in [2.05, 4.69) is 10.2 Å². The van der Waals surface area contributed by atoms with E-state index in [1.54, 1.807) is 11.0 Å². The van der Waals surface area contributed by atoms with Crippen LogP contribution in [0, 0.1) is 10.1 Å². The Morgan fingerprint density at radius 1 is 1.21 bits per heavy atom. The Morgan fingerprint density at radius 2 is 1.86 bits per heavy atom. The lowest BCUT2D eigenvalue weighted by atomic mass is 10.2. The van der Waals surface area contributed by atoms with E-state index in [9.17, 15) is 23.3 Å². The third kappa shape index (κ3) is 4.04. The second-order valence-corrected chi connectivity index (χ2v) is 8.41. The largest absolute Gasteiger partial charge is 0.335 e. The van der Waals surface area contributed by atoms with E-state index >= 15 is 0 Å². The van der Waals surface area contributed by atoms with E-state index < -0.39 is 14.9 Å². The third-order valence-electron chi connectivity index (χ3n) is 4.58. The van der Waals surface area contributed by atoms with Crippen LogP contribution in [0.1, 0.15) is 29.5 Å². The molecule has 0 aliphatic carbocycles. The van der Waals surface area contributed by atoms with Crippen molar-refractivity contribution < 1.29 is 18.1 Å². The number of aromatic nitrogens is 2. The van der Waals surface area contributed by atoms with Crippen molar-refractivity contribution in [1.82, 2.24) is 19.4 Å². The SMILES string of the molecule is CCCc1cc(C(=O)N2CCN(S(=O)(=O)c3ccc([N+](=O)[O-])cc3)CC2)n[nH]1. The molecule has 1 amide bonds. The zero-order chi connectivity index (χ0) is 20.3. The molecule has 11 heteroatoms. The first-order valence-electron chi connectivity index (χ1n) is 8.91. The molecular formula is C17H21N5O5S. The first-order valence-corrected chi connectivity index (χ1v) is 10.3. The Morgan fingerprint density at radius 3 is 2.43 bits per heavy atom. The van der Waals surface area contributed by atoms with Gasteiger partial charge in [0.25, 0.3) is 11.6 Å². The topological polar surface area (TPSA) is 130 Å². The van der Waals surface area contributed by atoms with Gasteiger partial charge >= 0.3 is 0 Å². The van der Waals surface area contributed by atoms with Gasteiger partial charge in [0.1, 0.15) is 5.69 Å². The van der Waals surface area contributed by atoms with Gasteiger partial charge < -0.3 is 4.90 Å². The number of rotatable bonds is 6. The molecule has 10 nitrogen and oxygen atoms in total. The molecule has 0 unspecified atom stereocenters. The molecule has 2 heterocycles. The highest BCUT2D eigenvalue weighted by atomic mass is 32.2. The maximum absolute atomic E-state index is 12.7. The molecule has 1 aliphatic heterocycles. The fourth-order valence-electron chi connectivity index (χ4n) is 3.05. The number of nitro groups is 1. The summed E-state index contributed by atoms with van der Waals surface area (Å²) < 4.78 is 26.7. The van der Waals surface area contributed by atoms with Gasteiger partial charge in [0.2, 0.25) is 10.0 Å². The number of nitro benzene ring substituents is 1. The minimum absolute atomic E-state index is 0.00520. The van der Waals surface area contributed by atoms with Crippen LogP contribution in [0.25, 0.3) is 0 Å². The second kappa shape index (κ2) is 8.07. The summed E-state index contributed by atoms with van der Waals surface area (Å²) in [5.41, 5.74) is 1.05. The van der Waals surface area contributed by atoms with E-state index in [-0.39, 0.29) is 42.7 Å². The van der Waals surface area contributed by atoms with Crippen LogP contribution in [0.5, 0.6) is 0 Å². The Kier molecular flexibility index (Phi) is 5.75. The Hall–Kier alpha value is -2.79. The summed E-state index contributed by atoms with van der Waals surface area (Å²) in [7, 11) is -3.77. The zero-order valence-electron chi connectivity index (χ0n) is 15.4. The predicted octanol–water partition coefficient (Wildman–Crippen LogP) is 1.42. The monoisotopic (exact) mass is 407 g/mol. The van der Waals surface area contributed by atoms with Gasteiger partial charge in [-0.1, -0.05) is 13.3 Å². The van der Waals surface area contributed by atoms with Gasteiger partial charge in [0.15, 0.2) is 0 Å². The van der Waals surface area contributed by atoms with Crippen molar-refractivity contribution in [2.24, 2.45) is 0 Å². The smallest absolute Gasteiger partial charge is 0.274 e. The van der Waals surface area contributed by atoms with Crippen LogP contribution in [0.4, 0.5) is 5.69 Å². The molecule has 1 aliphatic rings. The fourth-order valence-corrected chi connectivity index (χ4v) is 4.47. The van der Waals surface area contributed by atoms with Crippen LogP contribution >= 0.6 is 0 Å². The van der Waals surface area contributed by atoms with Gasteiger partial charge in [-0.15, -0.1) is 0 Å². The summed E-state index contributed by atoms with van der Waals surface area (Å²) in [4.78, 5) is 24.3. The third-order valence-corrected chi connectivity index (χ3v) is 6.49. The van der Waals surface area contributed by atoms with Crippen molar-refractivity contribution in [1.29, 1.82) is 0 Å². The molecule has 0 saturated carbocycles. The Balaban J connectivity index is 1.65. The number of nitrogens with zero attached hydrogens (tertiary/aromatic N) is 4. The molecular weight excluding hydrogens is 386 g/mol. The van der Waals surface area contributed by atoms with Gasteiger partial charge in [-0.3, -0.25) is 20.0 Å². The number of H-pyrrole nitrogens is 1. The average molecular weight is 407 g/mol. The van der Waals surface area contributed by atoms with Crippen molar-refractivity contribution in [2.45, 2.75) is 24.7 Å². The molecule has 150 valence electrons. The highest BCUT2D eigenvalue weighted by Crippen LogP contribution is 2.21. The molecule has 2 aromatic rings. The maximum Gasteiger partial charge on any atom is 0.274 e. The molecule has 1 fully saturated rings. The number of aromatic amines is 1. The fraction of sp³-hybridized carbons (Fsp3) is 0.412. The average Bonchev–Trinajstić information content (AvgIpc) is 3.16. The van der Waals surface area contributed by atoms with E-state index in [1.165, 1.54) is 16.4 Å². The number of non-ortho nitro benzene ring substituents is 1. The van der Waals surface area contributed by atoms with Crippen molar-refractivity contribution >= 4 is 21.6 Å². The number of aryl methyl sites for hydroxylation is 1. The second-order valence-electron chi connectivity index (χ2n) is 6.48. The van der Waals surface area contributed by atoms with E-state index in [0.29, 0.717) is 5.69 Å². The summed E-state index contributed by atoms with van der Waals surface area (Å²) in [5.74, 6) is -0.231. The molecule has 3 rings (SSSR count). The number of nitrogens with one attached hydrogen (secondary N) is 1. The number of benzene rings is 1. The van der Waals surface area contributed by atoms with Gasteiger partial charge in [0.05, 0.1) is 9.82 Å². The first kappa shape index (κ1) is 20.0. The summed E-state index contributed by atoms with van der Waals surface area (Å²) in [6.07, 6.45) is 1.75. The van der Waals surface area contributed by atoms with Gasteiger partial charge in [-0.2, -0.15) is 9.40 Å². The molecule has 1 aromatic heterocycles. The van der Waals surface area contributed by atoms with E-state index in [1.807, 2.05) is 6.92 Å². The Labute approximate surface area is 162 Å². The minimum atomic E-state index is -3.77. The lowest BCUT2D eigenvalue weighted by molar-refractivity contribution is -0.384. The van der Waals surface area contributed by atoms with Gasteiger partial charge in [0, 0.05) is 44.0 Å². The maximum atomic E-state index is 12.7. The predicted molar refractivity (Wildman–Crippen MR) is 100 cm³/mol. The van der Waals surface area contributed by atoms with Crippen molar-refractivity contribution in [2.75, 3.05) is 26.2 Å². The lowest BCUT2D eigenvalue weighted by Crippen LogP contribution is -2.50. The molecule has 0 atom stereocenters. The van der Waals surface area contributed by atoms with Crippen LogP contribution in [-0.4, -0.2) is 64.8 Å². The summed E-state index contributed by atoms with van der Waals surface area (Å²) in [5, 5.41) is 17.6. The summed E-state index contributed by atoms with van der Waals surface area (Å²) >= 11 is 0. The van der Waals surface area contributed by atoms with Crippen molar-refractivity contribution in [3.05, 3.63) is 51.8 Å². The molecule has 0 radical (unpaired) electrons. The zero-order valence-corrected chi connectivity index (χ0v) is 16.2. The van der Waals surface area contributed by atoms with Crippen LogP contribution in [0.3, 0.4) is 0 Å². The lowest BCUT2D eigenvalue weighted by Gasteiger charge is -2.33. The number of carbonyl (C=O) groups is 1. The van der Waals surface area contributed by atoms with Crippen LogP contribution < -0.4 is 0 Å². The quantitative estimate of drug-likeness (QED) is 0.569. The molecule has 1 saturated heterocycles. The molecule has 0 spiro atoms. The standard InChI is InChI=1S/C17H21N5O5S/c1-2-3-13-12-16(19-18-13)17(23)20-8-10-21(11-9-20)28(26,27)15-6-4-14(5-7-15)22(24)25/h4-7,12H,2-3,8-11H2,1H3,(H,18,19). The van der Waals surface area contributed by atoms with E-state index in [0.717, 1.165) is 30.7 Å². The molecule has 0 bridgehead atoms. The molecule has 1 aromatic carbocycles. The Bertz CT molecular complexity index is 962. The normalized spacial score (nSPS) is 15.5. The van der Waals surface area contributed by atoms with Crippen molar-refractivity contribution in [3.63, 3.8) is 0 Å². The number of hydrogen-bond donors (Lipinski definition) is 1. The van der Waals surface area contributed by atoms with E-state index in [4.69, 9.17) is 0 Å². The van der Waals surface area contributed by atoms with Crippen LogP contribution in [-0.2, 0) is 16.4 Å². The number of piperazine rings is 1. The number of sulfonamides is 1. The molecule has 1 N–H and O–H groups in total. The summed E-state index contributed by atoms with van der Waals surface area (Å²) in [6, 6.07) is 6.51. The number of amides is 1. The van der Waals surface area contributed by atoms with Crippen LogP contribution in [0.2, 0.25) is 0 Å².